The number of carbonyl (C=O) groups is 1. The topological polar surface area (TPSA) is 76.6 Å². The molecule has 2 heterocycles. The first-order valence-corrected chi connectivity index (χ1v) is 12.6. The number of thiazole rings is 1. The number of hydrogen-bond acceptors (Lipinski definition) is 6. The Morgan fingerprint density at radius 1 is 1.07 bits per heavy atom. The number of hydrogen-bond donors (Lipinski definition) is 0. The molecule has 0 aliphatic carbocycles. The van der Waals surface area contributed by atoms with E-state index in [4.69, 9.17) is 4.74 Å². The molecule has 1 fully saturated rings. The molecule has 1 amide bonds. The molecular weight excluding hydrogens is 420 g/mol. The average molecular weight is 445 g/mol. The Kier molecular flexibility index (Phi) is 5.55. The number of nitrogens with zero attached hydrogens (tertiary/aromatic N) is 2. The third-order valence-electron chi connectivity index (χ3n) is 5.45. The highest BCUT2D eigenvalue weighted by molar-refractivity contribution is 7.90. The number of ether oxygens (including phenoxy) is 1. The van der Waals surface area contributed by atoms with Gasteiger partial charge in [0.05, 0.1) is 15.1 Å². The highest BCUT2D eigenvalue weighted by atomic mass is 32.2. The van der Waals surface area contributed by atoms with E-state index in [0.29, 0.717) is 23.8 Å². The molecule has 158 valence electrons. The van der Waals surface area contributed by atoms with Gasteiger partial charge in [-0.15, -0.1) is 0 Å². The maximum atomic E-state index is 12.7. The number of aryl methyl sites for hydroxylation is 2. The first-order chi connectivity index (χ1) is 14.2. The van der Waals surface area contributed by atoms with Crippen molar-refractivity contribution in [3.63, 3.8) is 0 Å². The van der Waals surface area contributed by atoms with E-state index >= 15 is 0 Å². The molecule has 1 aliphatic rings. The lowest BCUT2D eigenvalue weighted by Crippen LogP contribution is -2.41. The van der Waals surface area contributed by atoms with Gasteiger partial charge in [0.1, 0.15) is 6.10 Å². The zero-order valence-corrected chi connectivity index (χ0v) is 18.8. The van der Waals surface area contributed by atoms with Crippen LogP contribution in [0, 0.1) is 13.8 Å². The van der Waals surface area contributed by atoms with Crippen molar-refractivity contribution in [3.8, 4) is 5.19 Å². The minimum atomic E-state index is -3.27. The summed E-state index contributed by atoms with van der Waals surface area (Å²) in [6, 6.07) is 10.3. The van der Waals surface area contributed by atoms with E-state index in [9.17, 15) is 13.2 Å². The van der Waals surface area contributed by atoms with Crippen LogP contribution in [0.4, 0.5) is 0 Å². The summed E-state index contributed by atoms with van der Waals surface area (Å²) >= 11 is 1.58. The summed E-state index contributed by atoms with van der Waals surface area (Å²) in [6.45, 7) is 5.33. The molecule has 2 aromatic carbocycles. The van der Waals surface area contributed by atoms with Crippen LogP contribution >= 0.6 is 11.3 Å². The first kappa shape index (κ1) is 20.8. The highest BCUT2D eigenvalue weighted by Gasteiger charge is 2.26. The van der Waals surface area contributed by atoms with Crippen LogP contribution in [0.1, 0.15) is 34.3 Å². The van der Waals surface area contributed by atoms with Crippen molar-refractivity contribution >= 4 is 37.3 Å². The normalized spacial score (nSPS) is 15.5. The average Bonchev–Trinajstić information content (AvgIpc) is 3.15. The zero-order chi connectivity index (χ0) is 21.5. The van der Waals surface area contributed by atoms with E-state index in [-0.39, 0.29) is 16.9 Å². The lowest BCUT2D eigenvalue weighted by atomic mass is 10.1. The number of likely N-dealkylation sites (tertiary alicyclic amines) is 1. The first-order valence-electron chi connectivity index (χ1n) is 9.85. The smallest absolute Gasteiger partial charge is 0.274 e. The number of rotatable bonds is 4. The van der Waals surface area contributed by atoms with E-state index in [0.717, 1.165) is 34.9 Å². The highest BCUT2D eigenvalue weighted by Crippen LogP contribution is 2.33. The standard InChI is InChI=1S/C22H24N2O4S2/c1-14-4-5-15(2)20-19(14)23-22(29-20)28-17-10-12-24(13-11-17)21(25)16-6-8-18(9-7-16)30(3,26)27/h4-9,17H,10-13H2,1-3H3. The van der Waals surface area contributed by atoms with E-state index in [1.54, 1.807) is 28.4 Å². The molecule has 1 saturated heterocycles. The number of carbonyl (C=O) groups excluding carboxylic acids is 1. The summed E-state index contributed by atoms with van der Waals surface area (Å²) in [5.41, 5.74) is 3.84. The van der Waals surface area contributed by atoms with Crippen LogP contribution in [-0.4, -0.2) is 49.7 Å². The molecule has 30 heavy (non-hydrogen) atoms. The maximum absolute atomic E-state index is 12.7. The van der Waals surface area contributed by atoms with Crippen LogP contribution < -0.4 is 4.74 Å². The van der Waals surface area contributed by atoms with Gasteiger partial charge in [0.25, 0.3) is 11.1 Å². The molecule has 4 rings (SSSR count). The van der Waals surface area contributed by atoms with Gasteiger partial charge in [0.2, 0.25) is 0 Å². The van der Waals surface area contributed by atoms with Gasteiger partial charge in [-0.05, 0) is 49.2 Å². The SMILES string of the molecule is Cc1ccc(C)c2sc(OC3CCN(C(=O)c4ccc(S(C)(=O)=O)cc4)CC3)nc12. The van der Waals surface area contributed by atoms with Gasteiger partial charge in [-0.2, -0.15) is 0 Å². The van der Waals surface area contributed by atoms with Crippen molar-refractivity contribution in [2.24, 2.45) is 0 Å². The summed E-state index contributed by atoms with van der Waals surface area (Å²) in [4.78, 5) is 19.4. The summed E-state index contributed by atoms with van der Waals surface area (Å²) in [7, 11) is -3.27. The number of sulfone groups is 1. The number of benzene rings is 2. The van der Waals surface area contributed by atoms with Gasteiger partial charge in [0.15, 0.2) is 9.84 Å². The predicted molar refractivity (Wildman–Crippen MR) is 118 cm³/mol. The Hall–Kier alpha value is -2.45. The lowest BCUT2D eigenvalue weighted by molar-refractivity contribution is 0.0595. The van der Waals surface area contributed by atoms with Crippen LogP contribution in [0.25, 0.3) is 10.2 Å². The quantitative estimate of drug-likeness (QED) is 0.608. The summed E-state index contributed by atoms with van der Waals surface area (Å²) in [5, 5.41) is 0.684. The third kappa shape index (κ3) is 4.20. The molecule has 0 atom stereocenters. The fourth-order valence-corrected chi connectivity index (χ4v) is 5.30. The van der Waals surface area contributed by atoms with Crippen molar-refractivity contribution in [2.75, 3.05) is 19.3 Å². The lowest BCUT2D eigenvalue weighted by Gasteiger charge is -2.31. The minimum absolute atomic E-state index is 0.0304. The summed E-state index contributed by atoms with van der Waals surface area (Å²) < 4.78 is 30.5. The van der Waals surface area contributed by atoms with Gasteiger partial charge >= 0.3 is 0 Å². The molecule has 0 saturated carbocycles. The van der Waals surface area contributed by atoms with Gasteiger partial charge in [-0.1, -0.05) is 23.5 Å². The van der Waals surface area contributed by atoms with E-state index in [1.807, 2.05) is 0 Å². The van der Waals surface area contributed by atoms with Crippen LogP contribution in [0.2, 0.25) is 0 Å². The molecule has 8 heteroatoms. The molecule has 6 nitrogen and oxygen atoms in total. The Labute approximate surface area is 180 Å². The van der Waals surface area contributed by atoms with E-state index in [1.165, 1.54) is 17.7 Å². The number of fused-ring (bicyclic) bond motifs is 1. The molecule has 0 bridgehead atoms. The Balaban J connectivity index is 1.38. The molecule has 0 N–H and O–H groups in total. The monoisotopic (exact) mass is 444 g/mol. The van der Waals surface area contributed by atoms with Crippen LogP contribution in [0.15, 0.2) is 41.3 Å². The van der Waals surface area contributed by atoms with Gasteiger partial charge in [0, 0.05) is 37.8 Å². The third-order valence-corrected chi connectivity index (χ3v) is 7.66. The van der Waals surface area contributed by atoms with E-state index < -0.39 is 9.84 Å². The molecule has 3 aromatic rings. The van der Waals surface area contributed by atoms with Gasteiger partial charge < -0.3 is 9.64 Å². The fourth-order valence-electron chi connectivity index (χ4n) is 3.64. The van der Waals surface area contributed by atoms with Crippen LogP contribution in [0.5, 0.6) is 5.19 Å². The fraction of sp³-hybridized carbons (Fsp3) is 0.364. The number of amides is 1. The minimum Gasteiger partial charge on any atom is -0.467 e. The molecular formula is C22H24N2O4S2. The predicted octanol–water partition coefficient (Wildman–Crippen LogP) is 4.00. The maximum Gasteiger partial charge on any atom is 0.274 e. The van der Waals surface area contributed by atoms with Crippen molar-refractivity contribution in [2.45, 2.75) is 37.7 Å². The molecule has 1 aromatic heterocycles. The summed E-state index contributed by atoms with van der Waals surface area (Å²) in [6.07, 6.45) is 2.66. The van der Waals surface area contributed by atoms with Crippen LogP contribution in [-0.2, 0) is 9.84 Å². The summed E-state index contributed by atoms with van der Waals surface area (Å²) in [5.74, 6) is -0.0836. The van der Waals surface area contributed by atoms with Crippen molar-refractivity contribution in [1.29, 1.82) is 0 Å². The van der Waals surface area contributed by atoms with Gasteiger partial charge in [-0.3, -0.25) is 4.79 Å². The second-order valence-corrected chi connectivity index (χ2v) is 10.7. The van der Waals surface area contributed by atoms with Crippen molar-refractivity contribution in [3.05, 3.63) is 53.1 Å². The van der Waals surface area contributed by atoms with E-state index in [2.05, 4.69) is 31.0 Å². The van der Waals surface area contributed by atoms with Crippen LogP contribution in [0.3, 0.4) is 0 Å². The second kappa shape index (κ2) is 8.00. The zero-order valence-electron chi connectivity index (χ0n) is 17.2. The Morgan fingerprint density at radius 2 is 1.70 bits per heavy atom. The number of aromatic nitrogens is 1. The second-order valence-electron chi connectivity index (χ2n) is 7.76. The molecule has 0 radical (unpaired) electrons. The largest absolute Gasteiger partial charge is 0.467 e. The molecule has 0 unspecified atom stereocenters. The Bertz CT molecular complexity index is 1150. The van der Waals surface area contributed by atoms with Gasteiger partial charge in [-0.25, -0.2) is 13.4 Å². The molecule has 0 spiro atoms. The number of piperidine rings is 1. The molecule has 1 aliphatic heterocycles. The van der Waals surface area contributed by atoms with Crippen molar-refractivity contribution < 1.29 is 17.9 Å². The Morgan fingerprint density at radius 3 is 2.30 bits per heavy atom. The van der Waals surface area contributed by atoms with Crippen molar-refractivity contribution in [1.82, 2.24) is 9.88 Å².